The van der Waals surface area contributed by atoms with Gasteiger partial charge in [0.2, 0.25) is 0 Å². The fourth-order valence-corrected chi connectivity index (χ4v) is 3.32. The number of aryl methyl sites for hydroxylation is 1. The van der Waals surface area contributed by atoms with E-state index in [1.54, 1.807) is 11.3 Å². The molecule has 1 aromatic heterocycles. The molecule has 1 N–H and O–H groups in total. The number of nitrogens with one attached hydrogen (secondary N) is 1. The number of hydrogen-bond donors (Lipinski definition) is 1. The van der Waals surface area contributed by atoms with Crippen LogP contribution in [0, 0.1) is 6.92 Å². The number of rotatable bonds is 4. The molecule has 1 atom stereocenters. The maximum absolute atomic E-state index is 12.2. The number of carbonyl (C=O) groups is 1. The lowest BCUT2D eigenvalue weighted by Gasteiger charge is -2.09. The third-order valence-electron chi connectivity index (χ3n) is 3.55. The molecule has 110 valence electrons. The first kappa shape index (κ1) is 14.2. The van der Waals surface area contributed by atoms with Crippen molar-refractivity contribution in [2.75, 3.05) is 13.2 Å². The van der Waals surface area contributed by atoms with Gasteiger partial charge >= 0.3 is 0 Å². The first-order valence-electron chi connectivity index (χ1n) is 7.16. The third-order valence-corrected chi connectivity index (χ3v) is 4.57. The molecule has 1 aliphatic rings. The van der Waals surface area contributed by atoms with Gasteiger partial charge in [-0.15, -0.1) is 11.3 Å². The molecule has 2 aromatic rings. The lowest BCUT2D eigenvalue weighted by molar-refractivity contribution is 0.0854. The summed E-state index contributed by atoms with van der Waals surface area (Å²) in [7, 11) is 0. The van der Waals surface area contributed by atoms with Crippen molar-refractivity contribution >= 4 is 17.2 Å². The molecule has 5 heteroatoms. The van der Waals surface area contributed by atoms with Crippen molar-refractivity contribution in [1.82, 2.24) is 10.3 Å². The van der Waals surface area contributed by atoms with E-state index < -0.39 is 0 Å². The summed E-state index contributed by atoms with van der Waals surface area (Å²) in [6.07, 6.45) is 2.25. The molecule has 0 radical (unpaired) electrons. The van der Waals surface area contributed by atoms with Crippen LogP contribution in [0.5, 0.6) is 0 Å². The lowest BCUT2D eigenvalue weighted by atomic mass is 10.2. The van der Waals surface area contributed by atoms with Gasteiger partial charge in [0.05, 0.1) is 6.10 Å². The second-order valence-electron chi connectivity index (χ2n) is 5.13. The Morgan fingerprint density at radius 1 is 1.43 bits per heavy atom. The first-order chi connectivity index (χ1) is 10.2. The monoisotopic (exact) mass is 302 g/mol. The summed E-state index contributed by atoms with van der Waals surface area (Å²) in [5, 5.41) is 3.81. The number of hydrogen-bond acceptors (Lipinski definition) is 4. The number of aromatic nitrogens is 1. The molecule has 0 saturated carbocycles. The van der Waals surface area contributed by atoms with Crippen molar-refractivity contribution in [3.63, 3.8) is 0 Å². The van der Waals surface area contributed by atoms with E-state index in [1.165, 1.54) is 0 Å². The second-order valence-corrected chi connectivity index (χ2v) is 6.34. The van der Waals surface area contributed by atoms with Gasteiger partial charge in [-0.2, -0.15) is 0 Å². The molecule has 1 fully saturated rings. The summed E-state index contributed by atoms with van der Waals surface area (Å²) in [6, 6.07) is 9.93. The zero-order valence-corrected chi connectivity index (χ0v) is 12.8. The predicted molar refractivity (Wildman–Crippen MR) is 83.6 cm³/mol. The molecule has 1 amide bonds. The van der Waals surface area contributed by atoms with Crippen molar-refractivity contribution in [3.05, 3.63) is 40.9 Å². The smallest absolute Gasteiger partial charge is 0.271 e. The van der Waals surface area contributed by atoms with E-state index in [9.17, 15) is 4.79 Å². The summed E-state index contributed by atoms with van der Waals surface area (Å²) in [4.78, 5) is 17.7. The van der Waals surface area contributed by atoms with E-state index >= 15 is 0 Å². The van der Waals surface area contributed by atoms with Gasteiger partial charge in [0.15, 0.2) is 0 Å². The van der Waals surface area contributed by atoms with Crippen LogP contribution in [0.1, 0.15) is 28.2 Å². The van der Waals surface area contributed by atoms with Crippen molar-refractivity contribution < 1.29 is 9.53 Å². The van der Waals surface area contributed by atoms with Crippen LogP contribution in [0.25, 0.3) is 10.6 Å². The van der Waals surface area contributed by atoms with Crippen LogP contribution in [-0.4, -0.2) is 30.1 Å². The van der Waals surface area contributed by atoms with Gasteiger partial charge in [-0.1, -0.05) is 30.3 Å². The molecule has 3 rings (SSSR count). The molecule has 2 heterocycles. The molecule has 1 saturated heterocycles. The second kappa shape index (κ2) is 6.37. The van der Waals surface area contributed by atoms with E-state index in [1.807, 2.05) is 37.3 Å². The van der Waals surface area contributed by atoms with Crippen LogP contribution in [0.4, 0.5) is 0 Å². The van der Waals surface area contributed by atoms with Crippen LogP contribution in [0.15, 0.2) is 30.3 Å². The van der Waals surface area contributed by atoms with Crippen LogP contribution in [-0.2, 0) is 4.74 Å². The van der Waals surface area contributed by atoms with E-state index in [2.05, 4.69) is 10.3 Å². The summed E-state index contributed by atoms with van der Waals surface area (Å²) < 4.78 is 5.51. The molecular formula is C16H18N2O2S. The lowest BCUT2D eigenvalue weighted by Crippen LogP contribution is -2.32. The highest BCUT2D eigenvalue weighted by molar-refractivity contribution is 7.15. The molecule has 0 spiro atoms. The molecule has 0 aliphatic carbocycles. The average Bonchev–Trinajstić information content (AvgIpc) is 3.15. The van der Waals surface area contributed by atoms with Gasteiger partial charge in [0.25, 0.3) is 5.91 Å². The fourth-order valence-electron chi connectivity index (χ4n) is 2.41. The van der Waals surface area contributed by atoms with Gasteiger partial charge in [0.1, 0.15) is 10.7 Å². The minimum absolute atomic E-state index is 0.110. The van der Waals surface area contributed by atoms with Crippen molar-refractivity contribution in [2.24, 2.45) is 0 Å². The highest BCUT2D eigenvalue weighted by atomic mass is 32.1. The minimum Gasteiger partial charge on any atom is -0.376 e. The molecule has 4 nitrogen and oxygen atoms in total. The Bertz CT molecular complexity index is 618. The zero-order valence-electron chi connectivity index (χ0n) is 12.0. The average molecular weight is 302 g/mol. The first-order valence-corrected chi connectivity index (χ1v) is 7.98. The molecule has 21 heavy (non-hydrogen) atoms. The summed E-state index contributed by atoms with van der Waals surface area (Å²) >= 11 is 1.55. The zero-order chi connectivity index (χ0) is 14.7. The Balaban J connectivity index is 1.70. The molecule has 1 unspecified atom stereocenters. The minimum atomic E-state index is -0.110. The largest absolute Gasteiger partial charge is 0.376 e. The highest BCUT2D eigenvalue weighted by Gasteiger charge is 2.19. The Morgan fingerprint density at radius 3 is 2.95 bits per heavy atom. The van der Waals surface area contributed by atoms with Crippen LogP contribution < -0.4 is 5.32 Å². The molecule has 0 bridgehead atoms. The topological polar surface area (TPSA) is 51.2 Å². The number of amides is 1. The number of ether oxygens (including phenoxy) is 1. The van der Waals surface area contributed by atoms with Gasteiger partial charge in [-0.25, -0.2) is 4.98 Å². The maximum Gasteiger partial charge on any atom is 0.271 e. The van der Waals surface area contributed by atoms with Crippen molar-refractivity contribution in [2.45, 2.75) is 25.9 Å². The van der Waals surface area contributed by atoms with Crippen LogP contribution >= 0.6 is 11.3 Å². The van der Waals surface area contributed by atoms with E-state index in [4.69, 9.17) is 4.74 Å². The summed E-state index contributed by atoms with van der Waals surface area (Å²) in [6.45, 7) is 3.30. The Labute approximate surface area is 128 Å². The maximum atomic E-state index is 12.2. The van der Waals surface area contributed by atoms with E-state index in [-0.39, 0.29) is 12.0 Å². The van der Waals surface area contributed by atoms with Gasteiger partial charge in [-0.3, -0.25) is 4.79 Å². The van der Waals surface area contributed by atoms with Crippen LogP contribution in [0.2, 0.25) is 0 Å². The van der Waals surface area contributed by atoms with Gasteiger partial charge in [0, 0.05) is 23.6 Å². The number of thiazole rings is 1. The quantitative estimate of drug-likeness (QED) is 0.944. The van der Waals surface area contributed by atoms with E-state index in [0.717, 1.165) is 34.9 Å². The van der Waals surface area contributed by atoms with Crippen LogP contribution in [0.3, 0.4) is 0 Å². The Morgan fingerprint density at radius 2 is 2.24 bits per heavy atom. The van der Waals surface area contributed by atoms with Gasteiger partial charge < -0.3 is 10.1 Å². The van der Waals surface area contributed by atoms with Crippen molar-refractivity contribution in [3.8, 4) is 10.6 Å². The summed E-state index contributed by atoms with van der Waals surface area (Å²) in [5.41, 5.74) is 1.57. The standard InChI is InChI=1S/C16H18N2O2S/c1-11-14(15(19)17-10-13-8-5-9-20-13)18-16(21-11)12-6-3-2-4-7-12/h2-4,6-7,13H,5,8-10H2,1H3,(H,17,19). The molecule has 1 aromatic carbocycles. The predicted octanol–water partition coefficient (Wildman–Crippen LogP) is 3.03. The third kappa shape index (κ3) is 3.31. The number of benzene rings is 1. The van der Waals surface area contributed by atoms with Crippen molar-refractivity contribution in [1.29, 1.82) is 0 Å². The number of carbonyl (C=O) groups excluding carboxylic acids is 1. The molecule has 1 aliphatic heterocycles. The number of nitrogens with zero attached hydrogens (tertiary/aromatic N) is 1. The Kier molecular flexibility index (Phi) is 4.31. The van der Waals surface area contributed by atoms with Gasteiger partial charge in [-0.05, 0) is 19.8 Å². The molecular weight excluding hydrogens is 284 g/mol. The highest BCUT2D eigenvalue weighted by Crippen LogP contribution is 2.27. The summed E-state index contributed by atoms with van der Waals surface area (Å²) in [5.74, 6) is -0.110. The van der Waals surface area contributed by atoms with E-state index in [0.29, 0.717) is 12.2 Å². The Hall–Kier alpha value is -1.72. The fraction of sp³-hybridized carbons (Fsp3) is 0.375. The normalized spacial score (nSPS) is 17.9. The SMILES string of the molecule is Cc1sc(-c2ccccc2)nc1C(=O)NCC1CCCO1.